The molecule has 5 heteroatoms. The summed E-state index contributed by atoms with van der Waals surface area (Å²) >= 11 is 0. The fourth-order valence-electron chi connectivity index (χ4n) is 2.27. The molecule has 1 aliphatic rings. The number of aromatic nitrogens is 2. The van der Waals surface area contributed by atoms with Gasteiger partial charge in [0, 0.05) is 0 Å². The van der Waals surface area contributed by atoms with Gasteiger partial charge in [-0.1, -0.05) is 0 Å². The molecule has 5 nitrogen and oxygen atoms in total. The monoisotopic (exact) mass is 234 g/mol. The Morgan fingerprint density at radius 2 is 2.12 bits per heavy atom. The summed E-state index contributed by atoms with van der Waals surface area (Å²) in [5.41, 5.74) is 1.84. The number of aryl methyl sites for hydroxylation is 1. The quantitative estimate of drug-likeness (QED) is 0.776. The van der Waals surface area contributed by atoms with Gasteiger partial charge in [-0.3, -0.25) is 0 Å². The first-order valence-electron chi connectivity index (χ1n) is 5.79. The van der Waals surface area contributed by atoms with E-state index in [4.69, 9.17) is 9.52 Å². The van der Waals surface area contributed by atoms with Crippen LogP contribution in [0, 0.1) is 0 Å². The van der Waals surface area contributed by atoms with Gasteiger partial charge in [0.2, 0.25) is 5.82 Å². The highest BCUT2D eigenvalue weighted by Crippen LogP contribution is 2.27. The van der Waals surface area contributed by atoms with E-state index in [0.29, 0.717) is 17.3 Å². The zero-order chi connectivity index (χ0) is 11.8. The van der Waals surface area contributed by atoms with Gasteiger partial charge in [-0.05, 0) is 37.8 Å². The standard InChI is InChI=1S/C12H14N2O3/c15-7-8-5-6-11(17-8)12-13-9-3-1-2-4-10(9)14(12)16/h5-6,15-16H,1-4,7H2. The van der Waals surface area contributed by atoms with Gasteiger partial charge < -0.3 is 14.7 Å². The van der Waals surface area contributed by atoms with Crippen LogP contribution in [0.1, 0.15) is 30.0 Å². The molecule has 0 unspecified atom stereocenters. The second kappa shape index (κ2) is 3.92. The Kier molecular flexibility index (Phi) is 2.40. The van der Waals surface area contributed by atoms with Crippen LogP contribution >= 0.6 is 0 Å². The Labute approximate surface area is 98.3 Å². The summed E-state index contributed by atoms with van der Waals surface area (Å²) in [4.78, 5) is 4.41. The lowest BCUT2D eigenvalue weighted by atomic mass is 10.0. The number of imidazole rings is 1. The first-order valence-corrected chi connectivity index (χ1v) is 5.79. The number of hydrogen-bond acceptors (Lipinski definition) is 4. The highest BCUT2D eigenvalue weighted by atomic mass is 16.5. The van der Waals surface area contributed by atoms with Crippen LogP contribution in [0.25, 0.3) is 11.6 Å². The van der Waals surface area contributed by atoms with Gasteiger partial charge in [0.05, 0.1) is 11.4 Å². The van der Waals surface area contributed by atoms with Crippen molar-refractivity contribution in [2.75, 3.05) is 0 Å². The molecular weight excluding hydrogens is 220 g/mol. The van der Waals surface area contributed by atoms with Crippen molar-refractivity contribution < 1.29 is 14.7 Å². The molecule has 2 aromatic heterocycles. The predicted octanol–water partition coefficient (Wildman–Crippen LogP) is 1.75. The topological polar surface area (TPSA) is 71.4 Å². The fraction of sp³-hybridized carbons (Fsp3) is 0.417. The molecule has 0 fully saturated rings. The highest BCUT2D eigenvalue weighted by molar-refractivity contribution is 5.50. The Hall–Kier alpha value is -1.75. The average Bonchev–Trinajstić information content (AvgIpc) is 2.95. The van der Waals surface area contributed by atoms with Crippen molar-refractivity contribution in [2.45, 2.75) is 32.3 Å². The van der Waals surface area contributed by atoms with Gasteiger partial charge in [0.1, 0.15) is 12.4 Å². The molecule has 0 spiro atoms. The SMILES string of the molecule is OCc1ccc(-c2nc3c(n2O)CCCC3)o1. The molecule has 0 bridgehead atoms. The lowest BCUT2D eigenvalue weighted by molar-refractivity contribution is 0.177. The third-order valence-corrected chi connectivity index (χ3v) is 3.15. The summed E-state index contributed by atoms with van der Waals surface area (Å²) in [7, 11) is 0. The van der Waals surface area contributed by atoms with Gasteiger partial charge >= 0.3 is 0 Å². The van der Waals surface area contributed by atoms with Gasteiger partial charge in [-0.2, -0.15) is 4.73 Å². The van der Waals surface area contributed by atoms with Crippen LogP contribution in [0.3, 0.4) is 0 Å². The maximum absolute atomic E-state index is 10.0. The molecule has 1 aliphatic carbocycles. The first kappa shape index (κ1) is 10.4. The maximum Gasteiger partial charge on any atom is 0.211 e. The second-order valence-electron chi connectivity index (χ2n) is 4.27. The van der Waals surface area contributed by atoms with E-state index in [-0.39, 0.29) is 6.61 Å². The second-order valence-corrected chi connectivity index (χ2v) is 4.27. The molecule has 17 heavy (non-hydrogen) atoms. The van der Waals surface area contributed by atoms with Crippen molar-refractivity contribution in [3.8, 4) is 11.6 Å². The zero-order valence-electron chi connectivity index (χ0n) is 9.39. The molecule has 90 valence electrons. The number of fused-ring (bicyclic) bond motifs is 1. The molecule has 3 rings (SSSR count). The van der Waals surface area contributed by atoms with Crippen molar-refractivity contribution >= 4 is 0 Å². The first-order chi connectivity index (χ1) is 8.29. The van der Waals surface area contributed by atoms with Crippen LogP contribution in [0.4, 0.5) is 0 Å². The van der Waals surface area contributed by atoms with E-state index in [1.807, 2.05) is 0 Å². The molecule has 0 saturated carbocycles. The number of rotatable bonds is 2. The Morgan fingerprint density at radius 1 is 1.29 bits per heavy atom. The summed E-state index contributed by atoms with van der Waals surface area (Å²) in [6, 6.07) is 3.40. The van der Waals surface area contributed by atoms with Crippen molar-refractivity contribution in [3.63, 3.8) is 0 Å². The number of aliphatic hydroxyl groups excluding tert-OH is 1. The molecule has 0 saturated heterocycles. The average molecular weight is 234 g/mol. The van der Waals surface area contributed by atoms with E-state index in [1.165, 1.54) is 0 Å². The highest BCUT2D eigenvalue weighted by Gasteiger charge is 2.22. The molecule has 2 heterocycles. The Morgan fingerprint density at radius 3 is 2.82 bits per heavy atom. The smallest absolute Gasteiger partial charge is 0.211 e. The number of hydrogen-bond donors (Lipinski definition) is 2. The van der Waals surface area contributed by atoms with E-state index >= 15 is 0 Å². The van der Waals surface area contributed by atoms with E-state index in [1.54, 1.807) is 12.1 Å². The number of furan rings is 1. The van der Waals surface area contributed by atoms with Gasteiger partial charge in [-0.25, -0.2) is 4.98 Å². The van der Waals surface area contributed by atoms with Gasteiger partial charge in [-0.15, -0.1) is 0 Å². The van der Waals surface area contributed by atoms with E-state index < -0.39 is 0 Å². The van der Waals surface area contributed by atoms with E-state index in [9.17, 15) is 5.21 Å². The fourth-order valence-corrected chi connectivity index (χ4v) is 2.27. The third kappa shape index (κ3) is 1.63. The summed E-state index contributed by atoms with van der Waals surface area (Å²) in [5, 5.41) is 19.0. The molecule has 0 aliphatic heterocycles. The van der Waals surface area contributed by atoms with Crippen LogP contribution in [0.15, 0.2) is 16.5 Å². The van der Waals surface area contributed by atoms with Gasteiger partial charge in [0.15, 0.2) is 5.76 Å². The molecule has 2 N–H and O–H groups in total. The maximum atomic E-state index is 10.0. The normalized spacial score (nSPS) is 14.9. The van der Waals surface area contributed by atoms with Gasteiger partial charge in [0.25, 0.3) is 0 Å². The molecule has 0 atom stereocenters. The molecule has 0 aromatic carbocycles. The van der Waals surface area contributed by atoms with Crippen LogP contribution in [0.5, 0.6) is 0 Å². The zero-order valence-corrected chi connectivity index (χ0v) is 9.39. The minimum atomic E-state index is -0.147. The Bertz CT molecular complexity index is 542. The predicted molar refractivity (Wildman–Crippen MR) is 59.7 cm³/mol. The summed E-state index contributed by atoms with van der Waals surface area (Å²) in [5.74, 6) is 1.39. The van der Waals surface area contributed by atoms with Crippen LogP contribution in [0.2, 0.25) is 0 Å². The van der Waals surface area contributed by atoms with Crippen LogP contribution in [-0.4, -0.2) is 20.0 Å². The van der Waals surface area contributed by atoms with E-state index in [0.717, 1.165) is 41.8 Å². The molecule has 2 aromatic rings. The number of nitrogens with zero attached hydrogens (tertiary/aromatic N) is 2. The molecule has 0 radical (unpaired) electrons. The minimum absolute atomic E-state index is 0.147. The molecule has 0 amide bonds. The van der Waals surface area contributed by atoms with Crippen molar-refractivity contribution in [3.05, 3.63) is 29.3 Å². The molecular formula is C12H14N2O3. The third-order valence-electron chi connectivity index (χ3n) is 3.15. The van der Waals surface area contributed by atoms with Crippen molar-refractivity contribution in [1.82, 2.24) is 9.71 Å². The Balaban J connectivity index is 2.05. The minimum Gasteiger partial charge on any atom is -0.455 e. The van der Waals surface area contributed by atoms with E-state index in [2.05, 4.69) is 4.98 Å². The lowest BCUT2D eigenvalue weighted by Crippen LogP contribution is -2.06. The van der Waals surface area contributed by atoms with Crippen LogP contribution in [-0.2, 0) is 19.4 Å². The number of aliphatic hydroxyl groups is 1. The van der Waals surface area contributed by atoms with Crippen molar-refractivity contribution in [1.29, 1.82) is 0 Å². The van der Waals surface area contributed by atoms with Crippen molar-refractivity contribution in [2.24, 2.45) is 0 Å². The lowest BCUT2D eigenvalue weighted by Gasteiger charge is -2.09. The summed E-state index contributed by atoms with van der Waals surface area (Å²) < 4.78 is 6.50. The summed E-state index contributed by atoms with van der Waals surface area (Å²) in [6.07, 6.45) is 3.96. The largest absolute Gasteiger partial charge is 0.455 e. The summed E-state index contributed by atoms with van der Waals surface area (Å²) in [6.45, 7) is -0.147. The van der Waals surface area contributed by atoms with Crippen LogP contribution < -0.4 is 0 Å².